The van der Waals surface area contributed by atoms with E-state index in [9.17, 15) is 9.59 Å². The molecule has 0 spiro atoms. The molecule has 0 aliphatic carbocycles. The van der Waals surface area contributed by atoms with Crippen LogP contribution in [0.5, 0.6) is 0 Å². The molecule has 2 fully saturated rings. The Bertz CT molecular complexity index is 827. The average molecular weight is 379 g/mol. The number of rotatable bonds is 5. The maximum absolute atomic E-state index is 13.2. The highest BCUT2D eigenvalue weighted by atomic mass is 16.5. The number of fused-ring (bicyclic) bond motifs is 1. The Hall–Kier alpha value is -2.73. The van der Waals surface area contributed by atoms with Gasteiger partial charge in [-0.25, -0.2) is 0 Å². The van der Waals surface area contributed by atoms with E-state index in [2.05, 4.69) is 17.1 Å². The van der Waals surface area contributed by atoms with Crippen molar-refractivity contribution >= 4 is 11.8 Å². The fraction of sp³-hybridized carbons (Fsp3) is 0.409. The van der Waals surface area contributed by atoms with Gasteiger partial charge in [-0.2, -0.15) is 0 Å². The van der Waals surface area contributed by atoms with Gasteiger partial charge < -0.3 is 14.5 Å². The van der Waals surface area contributed by atoms with Crippen LogP contribution in [0.1, 0.15) is 28.5 Å². The third kappa shape index (κ3) is 3.52. The minimum atomic E-state index is -0.0408. The van der Waals surface area contributed by atoms with Crippen LogP contribution < -0.4 is 0 Å². The highest BCUT2D eigenvalue weighted by Crippen LogP contribution is 2.45. The van der Waals surface area contributed by atoms with Crippen molar-refractivity contribution in [1.29, 1.82) is 0 Å². The number of aromatic nitrogens is 1. The summed E-state index contributed by atoms with van der Waals surface area (Å²) < 4.78 is 5.05. The van der Waals surface area contributed by atoms with Gasteiger partial charge >= 0.3 is 0 Å². The van der Waals surface area contributed by atoms with Crippen LogP contribution in [0.4, 0.5) is 0 Å². The molecule has 28 heavy (non-hydrogen) atoms. The summed E-state index contributed by atoms with van der Waals surface area (Å²) in [4.78, 5) is 33.8. The predicted octanol–water partition coefficient (Wildman–Crippen LogP) is 2.39. The van der Waals surface area contributed by atoms with Crippen molar-refractivity contribution in [2.24, 2.45) is 11.8 Å². The number of hydrogen-bond acceptors (Lipinski definition) is 4. The Balaban J connectivity index is 1.59. The molecule has 0 bridgehead atoms. The van der Waals surface area contributed by atoms with Crippen LogP contribution >= 0.6 is 0 Å². The lowest BCUT2D eigenvalue weighted by atomic mass is 9.89. The molecule has 1 aromatic carbocycles. The zero-order valence-electron chi connectivity index (χ0n) is 16.0. The van der Waals surface area contributed by atoms with Gasteiger partial charge in [0.15, 0.2) is 0 Å². The molecule has 2 aromatic rings. The Morgan fingerprint density at radius 3 is 2.57 bits per heavy atom. The Labute approximate surface area is 165 Å². The summed E-state index contributed by atoms with van der Waals surface area (Å²) in [5.74, 6) is 0.609. The molecule has 0 saturated carbocycles. The molecule has 6 nitrogen and oxygen atoms in total. The van der Waals surface area contributed by atoms with Gasteiger partial charge in [0.1, 0.15) is 5.69 Å². The molecule has 146 valence electrons. The molecule has 2 aliphatic rings. The van der Waals surface area contributed by atoms with Crippen LogP contribution in [0, 0.1) is 11.8 Å². The topological polar surface area (TPSA) is 62.7 Å². The highest BCUT2D eigenvalue weighted by Gasteiger charge is 2.50. The predicted molar refractivity (Wildman–Crippen MR) is 105 cm³/mol. The number of likely N-dealkylation sites (tertiary alicyclic amines) is 2. The molecule has 0 N–H and O–H groups in total. The molecule has 0 radical (unpaired) electrons. The molecule has 0 unspecified atom stereocenters. The molecule has 1 aromatic heterocycles. The fourth-order valence-corrected chi connectivity index (χ4v) is 4.52. The maximum Gasteiger partial charge on any atom is 0.272 e. The van der Waals surface area contributed by atoms with E-state index >= 15 is 0 Å². The summed E-state index contributed by atoms with van der Waals surface area (Å²) in [6.45, 7) is 2.46. The summed E-state index contributed by atoms with van der Waals surface area (Å²) in [5, 5.41) is 0. The number of carbonyl (C=O) groups is 2. The van der Waals surface area contributed by atoms with E-state index in [0.29, 0.717) is 38.4 Å². The van der Waals surface area contributed by atoms with Gasteiger partial charge in [-0.05, 0) is 17.7 Å². The molecule has 2 aliphatic heterocycles. The highest BCUT2D eigenvalue weighted by molar-refractivity contribution is 5.93. The molecular weight excluding hydrogens is 354 g/mol. The van der Waals surface area contributed by atoms with Crippen LogP contribution in [0.15, 0.2) is 54.7 Å². The molecule has 6 heteroatoms. The SMILES string of the molecule is COCCC(=O)N1C[C@H]2CN(C(=O)c3ccccn3)[C@H](c3ccccc3)[C@H]2C1. The number of pyridine rings is 1. The van der Waals surface area contributed by atoms with Crippen molar-refractivity contribution in [3.05, 3.63) is 66.0 Å². The summed E-state index contributed by atoms with van der Waals surface area (Å²) in [5.41, 5.74) is 1.59. The van der Waals surface area contributed by atoms with Crippen molar-refractivity contribution in [3.63, 3.8) is 0 Å². The van der Waals surface area contributed by atoms with Crippen molar-refractivity contribution < 1.29 is 14.3 Å². The number of amides is 2. The van der Waals surface area contributed by atoms with Gasteiger partial charge in [0.2, 0.25) is 5.91 Å². The van der Waals surface area contributed by atoms with E-state index in [1.54, 1.807) is 19.4 Å². The van der Waals surface area contributed by atoms with Crippen molar-refractivity contribution in [1.82, 2.24) is 14.8 Å². The van der Waals surface area contributed by atoms with Crippen LogP contribution in [0.2, 0.25) is 0 Å². The number of ether oxygens (including phenoxy) is 1. The quantitative estimate of drug-likeness (QED) is 0.800. The van der Waals surface area contributed by atoms with Gasteiger partial charge in [-0.15, -0.1) is 0 Å². The number of carbonyl (C=O) groups excluding carboxylic acids is 2. The number of benzene rings is 1. The maximum atomic E-state index is 13.2. The number of hydrogen-bond donors (Lipinski definition) is 0. The smallest absolute Gasteiger partial charge is 0.272 e. The second kappa shape index (κ2) is 8.10. The first-order chi connectivity index (χ1) is 13.7. The first-order valence-corrected chi connectivity index (χ1v) is 9.72. The lowest BCUT2D eigenvalue weighted by Gasteiger charge is -2.30. The largest absolute Gasteiger partial charge is 0.384 e. The Morgan fingerprint density at radius 1 is 1.07 bits per heavy atom. The van der Waals surface area contributed by atoms with Gasteiger partial charge in [0.25, 0.3) is 5.91 Å². The second-order valence-corrected chi connectivity index (χ2v) is 7.49. The minimum Gasteiger partial charge on any atom is -0.384 e. The van der Waals surface area contributed by atoms with E-state index in [1.807, 2.05) is 40.1 Å². The summed E-state index contributed by atoms with van der Waals surface area (Å²) in [6.07, 6.45) is 2.06. The van der Waals surface area contributed by atoms with E-state index < -0.39 is 0 Å². The monoisotopic (exact) mass is 379 g/mol. The van der Waals surface area contributed by atoms with Gasteiger partial charge in [0, 0.05) is 44.8 Å². The van der Waals surface area contributed by atoms with Gasteiger partial charge in [-0.3, -0.25) is 14.6 Å². The van der Waals surface area contributed by atoms with E-state index in [-0.39, 0.29) is 29.7 Å². The molecule has 2 saturated heterocycles. The van der Waals surface area contributed by atoms with Crippen molar-refractivity contribution in [2.45, 2.75) is 12.5 Å². The Kier molecular flexibility index (Phi) is 5.39. The zero-order valence-corrected chi connectivity index (χ0v) is 16.0. The molecular formula is C22H25N3O3. The number of methoxy groups -OCH3 is 1. The number of nitrogens with zero attached hydrogens (tertiary/aromatic N) is 3. The van der Waals surface area contributed by atoms with Crippen LogP contribution in [0.25, 0.3) is 0 Å². The minimum absolute atomic E-state index is 0.0406. The third-order valence-corrected chi connectivity index (χ3v) is 5.82. The summed E-state index contributed by atoms with van der Waals surface area (Å²) in [6, 6.07) is 15.5. The van der Waals surface area contributed by atoms with E-state index in [1.165, 1.54) is 0 Å². The fourth-order valence-electron chi connectivity index (χ4n) is 4.52. The zero-order chi connectivity index (χ0) is 19.5. The average Bonchev–Trinajstić information content (AvgIpc) is 3.31. The third-order valence-electron chi connectivity index (χ3n) is 5.82. The first kappa shape index (κ1) is 18.6. The van der Waals surface area contributed by atoms with Gasteiger partial charge in [0.05, 0.1) is 19.1 Å². The lowest BCUT2D eigenvalue weighted by molar-refractivity contribution is -0.131. The molecule has 4 rings (SSSR count). The van der Waals surface area contributed by atoms with E-state index in [0.717, 1.165) is 5.56 Å². The van der Waals surface area contributed by atoms with Crippen molar-refractivity contribution in [3.8, 4) is 0 Å². The normalized spacial score (nSPS) is 23.7. The second-order valence-electron chi connectivity index (χ2n) is 7.49. The standard InChI is InChI=1S/C22H25N3O3/c1-28-12-10-20(26)24-13-17-14-25(22(27)19-9-5-6-11-23-19)21(18(17)15-24)16-7-3-2-4-8-16/h2-9,11,17-18,21H,10,12-15H2,1H3/t17-,18-,21+/m0/s1. The van der Waals surface area contributed by atoms with Gasteiger partial charge in [-0.1, -0.05) is 36.4 Å². The molecule has 2 amide bonds. The van der Waals surface area contributed by atoms with E-state index in [4.69, 9.17) is 4.74 Å². The first-order valence-electron chi connectivity index (χ1n) is 9.72. The summed E-state index contributed by atoms with van der Waals surface area (Å²) >= 11 is 0. The molecule has 3 atom stereocenters. The lowest BCUT2D eigenvalue weighted by Crippen LogP contribution is -2.38. The van der Waals surface area contributed by atoms with Crippen molar-refractivity contribution in [2.75, 3.05) is 33.4 Å². The van der Waals surface area contributed by atoms with Crippen LogP contribution in [-0.4, -0.2) is 59.9 Å². The summed E-state index contributed by atoms with van der Waals surface area (Å²) in [7, 11) is 1.61. The van der Waals surface area contributed by atoms with Crippen LogP contribution in [-0.2, 0) is 9.53 Å². The Morgan fingerprint density at radius 2 is 1.86 bits per heavy atom. The van der Waals surface area contributed by atoms with Crippen LogP contribution in [0.3, 0.4) is 0 Å². The molecule has 3 heterocycles.